The molecular formula is C20H22N4O3S. The maximum absolute atomic E-state index is 8.95. The molecule has 0 fully saturated rings. The summed E-state index contributed by atoms with van der Waals surface area (Å²) < 4.78 is 10.4. The van der Waals surface area contributed by atoms with Crippen LogP contribution in [-0.4, -0.2) is 41.7 Å². The van der Waals surface area contributed by atoms with Gasteiger partial charge in [-0.15, -0.1) is 11.3 Å². The molecule has 0 saturated heterocycles. The minimum Gasteiger partial charge on any atom is -0.497 e. The summed E-state index contributed by atoms with van der Waals surface area (Å²) in [6.45, 7) is 2.47. The maximum atomic E-state index is 8.95. The van der Waals surface area contributed by atoms with Gasteiger partial charge in [-0.2, -0.15) is 9.97 Å². The standard InChI is InChI=1S/C20H22N4O3S/c1-13(24-25)17-8-9-18(28-17)16-12-19(23-20(22-16)27-3)21-11-10-14-4-6-15(26-2)7-5-14/h4-9,12,25H,10-11H2,1-3H3,(H,21,22,23). The molecule has 0 radical (unpaired) electrons. The summed E-state index contributed by atoms with van der Waals surface area (Å²) in [4.78, 5) is 10.6. The molecule has 0 aliphatic carbocycles. The Morgan fingerprint density at radius 2 is 1.89 bits per heavy atom. The van der Waals surface area contributed by atoms with Crippen molar-refractivity contribution in [2.24, 2.45) is 5.16 Å². The Hall–Kier alpha value is -3.13. The Morgan fingerprint density at radius 3 is 2.57 bits per heavy atom. The fourth-order valence-corrected chi connectivity index (χ4v) is 3.49. The van der Waals surface area contributed by atoms with Crippen LogP contribution in [0.4, 0.5) is 5.82 Å². The molecule has 0 amide bonds. The highest BCUT2D eigenvalue weighted by atomic mass is 32.1. The molecule has 28 heavy (non-hydrogen) atoms. The smallest absolute Gasteiger partial charge is 0.318 e. The molecule has 0 saturated carbocycles. The van der Waals surface area contributed by atoms with Crippen molar-refractivity contribution in [2.45, 2.75) is 13.3 Å². The second-order valence-electron chi connectivity index (χ2n) is 6.00. The van der Waals surface area contributed by atoms with Gasteiger partial charge in [0.25, 0.3) is 0 Å². The van der Waals surface area contributed by atoms with Crippen molar-refractivity contribution in [3.8, 4) is 22.3 Å². The average Bonchev–Trinajstić information content (AvgIpc) is 3.24. The maximum Gasteiger partial charge on any atom is 0.318 e. The van der Waals surface area contributed by atoms with Crippen LogP contribution < -0.4 is 14.8 Å². The minimum absolute atomic E-state index is 0.298. The molecular weight excluding hydrogens is 376 g/mol. The monoisotopic (exact) mass is 398 g/mol. The number of ether oxygens (including phenoxy) is 2. The fraction of sp³-hybridized carbons (Fsp3) is 0.250. The molecule has 0 atom stereocenters. The topological polar surface area (TPSA) is 88.9 Å². The molecule has 0 bridgehead atoms. The first-order valence-corrected chi connectivity index (χ1v) is 9.53. The minimum atomic E-state index is 0.298. The molecule has 0 aliphatic heterocycles. The number of anilines is 1. The Balaban J connectivity index is 1.72. The van der Waals surface area contributed by atoms with Crippen molar-refractivity contribution in [3.05, 3.63) is 52.9 Å². The van der Waals surface area contributed by atoms with E-state index >= 15 is 0 Å². The number of hydrogen-bond donors (Lipinski definition) is 2. The van der Waals surface area contributed by atoms with Gasteiger partial charge >= 0.3 is 6.01 Å². The van der Waals surface area contributed by atoms with E-state index in [1.807, 2.05) is 42.5 Å². The normalized spacial score (nSPS) is 11.3. The summed E-state index contributed by atoms with van der Waals surface area (Å²) >= 11 is 1.49. The second kappa shape index (κ2) is 9.18. The van der Waals surface area contributed by atoms with Gasteiger partial charge in [-0.05, 0) is 43.2 Å². The summed E-state index contributed by atoms with van der Waals surface area (Å²) in [7, 11) is 3.20. The Kier molecular flexibility index (Phi) is 6.44. The molecule has 7 nitrogen and oxygen atoms in total. The molecule has 1 aromatic carbocycles. The number of methoxy groups -OCH3 is 2. The van der Waals surface area contributed by atoms with Crippen molar-refractivity contribution >= 4 is 22.9 Å². The van der Waals surface area contributed by atoms with E-state index in [0.717, 1.165) is 34.2 Å². The van der Waals surface area contributed by atoms with E-state index in [1.54, 1.807) is 21.1 Å². The van der Waals surface area contributed by atoms with Crippen LogP contribution in [0, 0.1) is 0 Å². The van der Waals surface area contributed by atoms with Crippen molar-refractivity contribution in [3.63, 3.8) is 0 Å². The van der Waals surface area contributed by atoms with Crippen molar-refractivity contribution in [2.75, 3.05) is 26.1 Å². The lowest BCUT2D eigenvalue weighted by Gasteiger charge is -2.09. The molecule has 2 heterocycles. The van der Waals surface area contributed by atoms with Crippen LogP contribution in [0.1, 0.15) is 17.4 Å². The Bertz CT molecular complexity index is 954. The first kappa shape index (κ1) is 19.6. The molecule has 0 spiro atoms. The van der Waals surface area contributed by atoms with E-state index in [-0.39, 0.29) is 0 Å². The van der Waals surface area contributed by atoms with Gasteiger partial charge in [-0.25, -0.2) is 0 Å². The van der Waals surface area contributed by atoms with Crippen molar-refractivity contribution in [1.82, 2.24) is 9.97 Å². The van der Waals surface area contributed by atoms with Crippen LogP contribution in [0.3, 0.4) is 0 Å². The number of oxime groups is 1. The highest BCUT2D eigenvalue weighted by Gasteiger charge is 2.11. The highest BCUT2D eigenvalue weighted by molar-refractivity contribution is 7.17. The van der Waals surface area contributed by atoms with Crippen LogP contribution in [0.2, 0.25) is 0 Å². The van der Waals surface area contributed by atoms with E-state index < -0.39 is 0 Å². The number of benzene rings is 1. The molecule has 2 N–H and O–H groups in total. The van der Waals surface area contributed by atoms with Crippen LogP contribution in [0.15, 0.2) is 47.6 Å². The summed E-state index contributed by atoms with van der Waals surface area (Å²) in [6, 6.07) is 14.0. The Morgan fingerprint density at radius 1 is 1.11 bits per heavy atom. The van der Waals surface area contributed by atoms with E-state index in [2.05, 4.69) is 20.4 Å². The van der Waals surface area contributed by atoms with Gasteiger partial charge in [-0.3, -0.25) is 0 Å². The van der Waals surface area contributed by atoms with Gasteiger partial charge in [0.1, 0.15) is 11.6 Å². The summed E-state index contributed by atoms with van der Waals surface area (Å²) in [6.07, 6.45) is 0.848. The SMILES string of the molecule is COc1ccc(CCNc2cc(-c3ccc(C(C)=NO)s3)nc(OC)n2)cc1. The summed E-state index contributed by atoms with van der Waals surface area (Å²) in [5.74, 6) is 1.54. The first-order chi connectivity index (χ1) is 13.6. The van der Waals surface area contributed by atoms with Crippen LogP contribution in [0.5, 0.6) is 11.8 Å². The molecule has 146 valence electrons. The predicted octanol–water partition coefficient (Wildman–Crippen LogP) is 4.08. The molecule has 2 aromatic heterocycles. The third kappa shape index (κ3) is 4.77. The number of nitrogens with one attached hydrogen (secondary N) is 1. The number of nitrogens with zero attached hydrogens (tertiary/aromatic N) is 3. The third-order valence-corrected chi connectivity index (χ3v) is 5.35. The summed E-state index contributed by atoms with van der Waals surface area (Å²) in [5, 5.41) is 15.5. The van der Waals surface area contributed by atoms with Crippen LogP contribution >= 0.6 is 11.3 Å². The molecule has 8 heteroatoms. The quantitative estimate of drug-likeness (QED) is 0.338. The first-order valence-electron chi connectivity index (χ1n) is 8.72. The number of rotatable bonds is 8. The van der Waals surface area contributed by atoms with Crippen LogP contribution in [0.25, 0.3) is 10.6 Å². The van der Waals surface area contributed by atoms with E-state index in [0.29, 0.717) is 17.5 Å². The van der Waals surface area contributed by atoms with E-state index in [1.165, 1.54) is 16.9 Å². The predicted molar refractivity (Wildman–Crippen MR) is 111 cm³/mol. The number of hydrogen-bond acceptors (Lipinski definition) is 8. The van der Waals surface area contributed by atoms with Gasteiger partial charge in [0.2, 0.25) is 0 Å². The zero-order valence-electron chi connectivity index (χ0n) is 16.0. The average molecular weight is 398 g/mol. The lowest BCUT2D eigenvalue weighted by molar-refractivity contribution is 0.319. The van der Waals surface area contributed by atoms with Gasteiger partial charge in [0, 0.05) is 12.6 Å². The number of thiophene rings is 1. The summed E-state index contributed by atoms with van der Waals surface area (Å²) in [5.41, 5.74) is 2.52. The van der Waals surface area contributed by atoms with E-state index in [4.69, 9.17) is 14.7 Å². The third-order valence-electron chi connectivity index (χ3n) is 4.13. The fourth-order valence-electron chi connectivity index (χ4n) is 2.58. The lowest BCUT2D eigenvalue weighted by Crippen LogP contribution is -2.07. The Labute approximate surface area is 167 Å². The molecule has 3 rings (SSSR count). The van der Waals surface area contributed by atoms with Gasteiger partial charge < -0.3 is 20.0 Å². The lowest BCUT2D eigenvalue weighted by atomic mass is 10.1. The molecule has 0 unspecified atom stereocenters. The van der Waals surface area contributed by atoms with Gasteiger partial charge in [-0.1, -0.05) is 17.3 Å². The van der Waals surface area contributed by atoms with Gasteiger partial charge in [0.15, 0.2) is 0 Å². The van der Waals surface area contributed by atoms with Crippen molar-refractivity contribution in [1.29, 1.82) is 0 Å². The number of aromatic nitrogens is 2. The highest BCUT2D eigenvalue weighted by Crippen LogP contribution is 2.29. The van der Waals surface area contributed by atoms with Gasteiger partial charge in [0.05, 0.1) is 35.4 Å². The van der Waals surface area contributed by atoms with Crippen molar-refractivity contribution < 1.29 is 14.7 Å². The van der Waals surface area contributed by atoms with Crippen LogP contribution in [-0.2, 0) is 6.42 Å². The van der Waals surface area contributed by atoms with E-state index in [9.17, 15) is 0 Å². The molecule has 3 aromatic rings. The second-order valence-corrected chi connectivity index (χ2v) is 7.08. The zero-order chi connectivity index (χ0) is 19.9. The molecule has 0 aliphatic rings. The zero-order valence-corrected chi connectivity index (χ0v) is 16.8. The largest absolute Gasteiger partial charge is 0.497 e.